The molecule has 92 valence electrons. The Bertz CT molecular complexity index is 504. The van der Waals surface area contributed by atoms with Gasteiger partial charge in [0.1, 0.15) is 17.3 Å². The Morgan fingerprint density at radius 1 is 1.29 bits per heavy atom. The molecule has 0 aliphatic carbocycles. The van der Waals surface area contributed by atoms with Gasteiger partial charge in [0.05, 0.1) is 6.04 Å². The lowest BCUT2D eigenvalue weighted by Gasteiger charge is -2.13. The van der Waals surface area contributed by atoms with Crippen molar-refractivity contribution in [2.45, 2.75) is 6.04 Å². The van der Waals surface area contributed by atoms with E-state index in [1.54, 1.807) is 0 Å². The van der Waals surface area contributed by atoms with E-state index in [-0.39, 0.29) is 23.8 Å². The first-order valence-corrected chi connectivity index (χ1v) is 5.55. The number of phenols is 1. The minimum Gasteiger partial charge on any atom is -0.505 e. The summed E-state index contributed by atoms with van der Waals surface area (Å²) in [6, 6.07) is 5.89. The molecule has 2 rings (SSSR count). The third kappa shape index (κ3) is 2.52. The first-order chi connectivity index (χ1) is 7.61. The van der Waals surface area contributed by atoms with Gasteiger partial charge < -0.3 is 16.6 Å². The molecular formula is C11H12ClFN2OS. The average molecular weight is 275 g/mol. The van der Waals surface area contributed by atoms with Crippen LogP contribution in [0, 0.1) is 5.82 Å². The topological polar surface area (TPSA) is 72.3 Å². The maximum atomic E-state index is 13.0. The maximum absolute atomic E-state index is 13.0. The number of nitrogen functional groups attached to an aromatic ring is 1. The Kier molecular flexibility index (Phi) is 4.34. The number of hydrogen-bond donors (Lipinski definition) is 3. The highest BCUT2D eigenvalue weighted by atomic mass is 35.5. The predicted octanol–water partition coefficient (Wildman–Crippen LogP) is 2.64. The van der Waals surface area contributed by atoms with Gasteiger partial charge in [-0.1, -0.05) is 12.1 Å². The molecule has 0 saturated carbocycles. The van der Waals surface area contributed by atoms with Gasteiger partial charge in [0.25, 0.3) is 0 Å². The molecule has 1 aromatic heterocycles. The van der Waals surface area contributed by atoms with Crippen LogP contribution < -0.4 is 11.5 Å². The summed E-state index contributed by atoms with van der Waals surface area (Å²) in [7, 11) is 0. The van der Waals surface area contributed by atoms with Gasteiger partial charge in [-0.3, -0.25) is 0 Å². The minimum atomic E-state index is -0.639. The smallest absolute Gasteiger partial charge is 0.149 e. The molecule has 0 spiro atoms. The number of anilines is 1. The Hall–Kier alpha value is -1.30. The van der Waals surface area contributed by atoms with Crippen LogP contribution in [0.15, 0.2) is 29.6 Å². The van der Waals surface area contributed by atoms with Crippen molar-refractivity contribution in [3.8, 4) is 5.75 Å². The Balaban J connectivity index is 0.00000144. The lowest BCUT2D eigenvalue weighted by molar-refractivity contribution is 0.463. The molecule has 0 aliphatic rings. The summed E-state index contributed by atoms with van der Waals surface area (Å²) in [6.07, 6.45) is 0. The molecule has 0 bridgehead atoms. The lowest BCUT2D eigenvalue weighted by Crippen LogP contribution is -2.11. The van der Waals surface area contributed by atoms with Gasteiger partial charge in [-0.25, -0.2) is 4.39 Å². The summed E-state index contributed by atoms with van der Waals surface area (Å²) < 4.78 is 13.0. The number of rotatable bonds is 2. The number of aromatic hydroxyl groups is 1. The maximum Gasteiger partial charge on any atom is 0.149 e. The average Bonchev–Trinajstić information content (AvgIpc) is 2.79. The molecule has 0 aliphatic heterocycles. The molecule has 3 nitrogen and oxygen atoms in total. The molecule has 1 aromatic carbocycles. The molecule has 0 unspecified atom stereocenters. The number of phenolic OH excluding ortho intramolecular Hbond substituents is 1. The molecule has 17 heavy (non-hydrogen) atoms. The number of benzene rings is 1. The van der Waals surface area contributed by atoms with Crippen LogP contribution in [0.1, 0.15) is 16.5 Å². The molecule has 1 heterocycles. The fourth-order valence-electron chi connectivity index (χ4n) is 1.47. The van der Waals surface area contributed by atoms with Crippen LogP contribution in [0.3, 0.4) is 0 Å². The molecule has 0 radical (unpaired) electrons. The van der Waals surface area contributed by atoms with E-state index in [1.165, 1.54) is 23.5 Å². The summed E-state index contributed by atoms with van der Waals surface area (Å²) in [6.45, 7) is 0. The van der Waals surface area contributed by atoms with Gasteiger partial charge in [-0.15, -0.1) is 23.7 Å². The van der Waals surface area contributed by atoms with E-state index in [0.717, 1.165) is 4.88 Å². The van der Waals surface area contributed by atoms with Crippen LogP contribution in [0.5, 0.6) is 5.75 Å². The van der Waals surface area contributed by atoms with E-state index in [9.17, 15) is 9.50 Å². The van der Waals surface area contributed by atoms with Crippen molar-refractivity contribution in [1.82, 2.24) is 0 Å². The summed E-state index contributed by atoms with van der Waals surface area (Å²) >= 11 is 1.47. The van der Waals surface area contributed by atoms with E-state index in [1.807, 2.05) is 17.5 Å². The van der Waals surface area contributed by atoms with E-state index in [4.69, 9.17) is 11.5 Å². The molecule has 0 fully saturated rings. The lowest BCUT2D eigenvalue weighted by atomic mass is 10.0. The number of halogens is 2. The highest BCUT2D eigenvalue weighted by molar-refractivity contribution is 7.10. The van der Waals surface area contributed by atoms with Crippen molar-refractivity contribution >= 4 is 29.4 Å². The molecule has 2 aromatic rings. The Labute approximate surface area is 108 Å². The SMILES string of the molecule is Cl.Nc1c(F)ccc([C@H](N)c2cccs2)c1O. The normalized spacial score (nSPS) is 11.9. The zero-order chi connectivity index (χ0) is 11.7. The number of thiophene rings is 1. The van der Waals surface area contributed by atoms with Gasteiger partial charge in [-0.2, -0.15) is 0 Å². The summed E-state index contributed by atoms with van der Waals surface area (Å²) in [5.74, 6) is -0.916. The highest BCUT2D eigenvalue weighted by Gasteiger charge is 2.17. The fraction of sp³-hybridized carbons (Fsp3) is 0.0909. The highest BCUT2D eigenvalue weighted by Crippen LogP contribution is 2.34. The van der Waals surface area contributed by atoms with Gasteiger partial charge >= 0.3 is 0 Å². The van der Waals surface area contributed by atoms with E-state index in [0.29, 0.717) is 5.56 Å². The van der Waals surface area contributed by atoms with Gasteiger partial charge in [0.2, 0.25) is 0 Å². The Morgan fingerprint density at radius 3 is 2.59 bits per heavy atom. The molecular weight excluding hydrogens is 263 g/mol. The van der Waals surface area contributed by atoms with E-state index < -0.39 is 11.9 Å². The molecule has 1 atom stereocenters. The van der Waals surface area contributed by atoms with Crippen LogP contribution >= 0.6 is 23.7 Å². The third-order valence-corrected chi connectivity index (χ3v) is 3.34. The van der Waals surface area contributed by atoms with Crippen LogP contribution in [-0.4, -0.2) is 5.11 Å². The van der Waals surface area contributed by atoms with Crippen LogP contribution in [0.25, 0.3) is 0 Å². The zero-order valence-corrected chi connectivity index (χ0v) is 10.4. The van der Waals surface area contributed by atoms with Crippen LogP contribution in [0.2, 0.25) is 0 Å². The second kappa shape index (κ2) is 5.35. The quantitative estimate of drug-likeness (QED) is 0.582. The van der Waals surface area contributed by atoms with Crippen molar-refractivity contribution in [3.63, 3.8) is 0 Å². The van der Waals surface area contributed by atoms with Crippen LogP contribution in [0.4, 0.5) is 10.1 Å². The zero-order valence-electron chi connectivity index (χ0n) is 8.76. The van der Waals surface area contributed by atoms with Crippen LogP contribution in [-0.2, 0) is 0 Å². The molecule has 0 amide bonds. The predicted molar refractivity (Wildman–Crippen MR) is 70.1 cm³/mol. The second-order valence-electron chi connectivity index (χ2n) is 3.39. The van der Waals surface area contributed by atoms with Crippen molar-refractivity contribution in [1.29, 1.82) is 0 Å². The summed E-state index contributed by atoms with van der Waals surface area (Å²) in [5.41, 5.74) is 11.5. The van der Waals surface area contributed by atoms with Crippen molar-refractivity contribution in [2.24, 2.45) is 5.73 Å². The van der Waals surface area contributed by atoms with E-state index >= 15 is 0 Å². The second-order valence-corrected chi connectivity index (χ2v) is 4.37. The largest absolute Gasteiger partial charge is 0.505 e. The summed E-state index contributed by atoms with van der Waals surface area (Å²) in [4.78, 5) is 0.890. The minimum absolute atomic E-state index is 0. The summed E-state index contributed by atoms with van der Waals surface area (Å²) in [5, 5.41) is 11.6. The van der Waals surface area contributed by atoms with Crippen molar-refractivity contribution in [2.75, 3.05) is 5.73 Å². The van der Waals surface area contributed by atoms with Gasteiger partial charge in [0.15, 0.2) is 0 Å². The van der Waals surface area contributed by atoms with Crippen molar-refractivity contribution < 1.29 is 9.50 Å². The molecule has 5 N–H and O–H groups in total. The Morgan fingerprint density at radius 2 is 2.00 bits per heavy atom. The van der Waals surface area contributed by atoms with Gasteiger partial charge in [0, 0.05) is 10.4 Å². The molecule has 6 heteroatoms. The van der Waals surface area contributed by atoms with Gasteiger partial charge in [-0.05, 0) is 17.5 Å². The standard InChI is InChI=1S/C11H11FN2OS.ClH/c12-7-4-3-6(11(15)10(7)14)9(13)8-2-1-5-16-8;/h1-5,9,15H,13-14H2;1H/t9-;/m0./s1. The fourth-order valence-corrected chi connectivity index (χ4v) is 2.22. The number of hydrogen-bond acceptors (Lipinski definition) is 4. The third-order valence-electron chi connectivity index (χ3n) is 2.38. The first-order valence-electron chi connectivity index (χ1n) is 4.67. The first kappa shape index (κ1) is 13.8. The monoisotopic (exact) mass is 274 g/mol. The van der Waals surface area contributed by atoms with E-state index in [2.05, 4.69) is 0 Å². The number of nitrogens with two attached hydrogens (primary N) is 2. The molecule has 0 saturated heterocycles. The van der Waals surface area contributed by atoms with Crippen molar-refractivity contribution in [3.05, 3.63) is 45.9 Å².